The number of aromatic nitrogens is 5. The molecule has 1 aliphatic carbocycles. The Hall–Kier alpha value is -2.70. The average molecular weight is 393 g/mol. The van der Waals surface area contributed by atoms with Gasteiger partial charge in [-0.3, -0.25) is 4.79 Å². The molecule has 0 amide bonds. The summed E-state index contributed by atoms with van der Waals surface area (Å²) >= 11 is 0. The molecule has 7 heteroatoms. The van der Waals surface area contributed by atoms with Crippen molar-refractivity contribution in [2.75, 3.05) is 18.0 Å². The Bertz CT molecular complexity index is 1150. The van der Waals surface area contributed by atoms with Crippen LogP contribution in [0.15, 0.2) is 17.1 Å². The molecule has 2 N–H and O–H groups in total. The number of anilines is 1. The van der Waals surface area contributed by atoms with Gasteiger partial charge in [-0.25, -0.2) is 15.0 Å². The number of aromatic amines is 2. The third-order valence-electron chi connectivity index (χ3n) is 6.46. The molecule has 29 heavy (non-hydrogen) atoms. The van der Waals surface area contributed by atoms with E-state index in [2.05, 4.69) is 40.6 Å². The third kappa shape index (κ3) is 2.86. The van der Waals surface area contributed by atoms with Crippen molar-refractivity contribution in [1.29, 1.82) is 0 Å². The van der Waals surface area contributed by atoms with E-state index in [1.165, 1.54) is 0 Å². The Labute approximate surface area is 170 Å². The Balaban J connectivity index is 1.60. The molecule has 152 valence electrons. The number of nitrogens with one attached hydrogen (secondary N) is 2. The second-order valence-electron chi connectivity index (χ2n) is 9.63. The van der Waals surface area contributed by atoms with Crippen LogP contribution in [-0.2, 0) is 17.3 Å². The topological polar surface area (TPSA) is 90.6 Å². The van der Waals surface area contributed by atoms with Gasteiger partial charge >= 0.3 is 0 Å². The van der Waals surface area contributed by atoms with Gasteiger partial charge in [0.25, 0.3) is 5.56 Å². The number of rotatable bonds is 1. The second-order valence-corrected chi connectivity index (χ2v) is 9.63. The van der Waals surface area contributed by atoms with Gasteiger partial charge in [0.05, 0.1) is 11.2 Å². The lowest BCUT2D eigenvalue weighted by Gasteiger charge is -2.41. The van der Waals surface area contributed by atoms with Gasteiger partial charge in [0.2, 0.25) is 0 Å². The SMILES string of the molecule is Cc1nc(N2CCCC3(CCc4c3nc(C(C)(C)C)[nH]c4=O)C2)c2[nH]ccc2n1. The number of H-pyrrole nitrogens is 2. The fourth-order valence-electron chi connectivity index (χ4n) is 4.99. The first kappa shape index (κ1) is 18.3. The molecule has 0 bridgehead atoms. The van der Waals surface area contributed by atoms with Crippen molar-refractivity contribution in [3.05, 3.63) is 45.5 Å². The van der Waals surface area contributed by atoms with Crippen LogP contribution in [0.25, 0.3) is 11.0 Å². The molecular formula is C22H28N6O. The molecular weight excluding hydrogens is 364 g/mol. The summed E-state index contributed by atoms with van der Waals surface area (Å²) in [5.74, 6) is 2.53. The monoisotopic (exact) mass is 392 g/mol. The normalized spacial score (nSPS) is 21.9. The second kappa shape index (κ2) is 6.15. The summed E-state index contributed by atoms with van der Waals surface area (Å²) in [6.45, 7) is 10.0. The highest BCUT2D eigenvalue weighted by Gasteiger charge is 2.45. The fraction of sp³-hybridized carbons (Fsp3) is 0.545. The quantitative estimate of drug-likeness (QED) is 0.664. The maximum atomic E-state index is 12.8. The van der Waals surface area contributed by atoms with E-state index in [-0.39, 0.29) is 16.4 Å². The van der Waals surface area contributed by atoms with Crippen molar-refractivity contribution in [2.24, 2.45) is 0 Å². The predicted octanol–water partition coefficient (Wildman–Crippen LogP) is 3.13. The number of piperidine rings is 1. The molecule has 7 nitrogen and oxygen atoms in total. The van der Waals surface area contributed by atoms with Gasteiger partial charge in [-0.05, 0) is 38.7 Å². The predicted molar refractivity (Wildman–Crippen MR) is 114 cm³/mol. The van der Waals surface area contributed by atoms with Crippen LogP contribution in [0.5, 0.6) is 0 Å². The Morgan fingerprint density at radius 2 is 2.00 bits per heavy atom. The Morgan fingerprint density at radius 3 is 2.79 bits per heavy atom. The Morgan fingerprint density at radius 1 is 1.17 bits per heavy atom. The van der Waals surface area contributed by atoms with Crippen LogP contribution in [0.2, 0.25) is 0 Å². The molecule has 0 aromatic carbocycles. The number of nitrogens with zero attached hydrogens (tertiary/aromatic N) is 4. The minimum Gasteiger partial charge on any atom is -0.357 e. The minimum atomic E-state index is -0.188. The molecule has 1 unspecified atom stereocenters. The van der Waals surface area contributed by atoms with E-state index in [1.54, 1.807) is 0 Å². The zero-order chi connectivity index (χ0) is 20.4. The highest BCUT2D eigenvalue weighted by atomic mass is 16.1. The van der Waals surface area contributed by atoms with E-state index in [1.807, 2.05) is 19.2 Å². The summed E-state index contributed by atoms with van der Waals surface area (Å²) in [4.78, 5) is 35.9. The molecule has 0 radical (unpaired) electrons. The fourth-order valence-corrected chi connectivity index (χ4v) is 4.99. The van der Waals surface area contributed by atoms with Crippen LogP contribution in [0.1, 0.15) is 62.9 Å². The summed E-state index contributed by atoms with van der Waals surface area (Å²) < 4.78 is 0. The van der Waals surface area contributed by atoms with Gasteiger partial charge in [-0.1, -0.05) is 20.8 Å². The van der Waals surface area contributed by atoms with Gasteiger partial charge in [0.1, 0.15) is 17.2 Å². The molecule has 0 saturated carbocycles. The lowest BCUT2D eigenvalue weighted by molar-refractivity contribution is 0.331. The zero-order valence-corrected chi connectivity index (χ0v) is 17.6. The van der Waals surface area contributed by atoms with Crippen LogP contribution in [-0.4, -0.2) is 38.0 Å². The molecule has 1 aliphatic heterocycles. The van der Waals surface area contributed by atoms with E-state index in [4.69, 9.17) is 9.97 Å². The van der Waals surface area contributed by atoms with Crippen molar-refractivity contribution in [2.45, 2.75) is 64.2 Å². The maximum Gasteiger partial charge on any atom is 0.254 e. The largest absolute Gasteiger partial charge is 0.357 e. The van der Waals surface area contributed by atoms with Crippen LogP contribution < -0.4 is 10.5 Å². The number of hydrogen-bond acceptors (Lipinski definition) is 5. The minimum absolute atomic E-state index is 0.0403. The molecule has 1 fully saturated rings. The molecule has 1 spiro atoms. The number of aryl methyl sites for hydroxylation is 1. The van der Waals surface area contributed by atoms with Crippen LogP contribution >= 0.6 is 0 Å². The third-order valence-corrected chi connectivity index (χ3v) is 6.46. The lowest BCUT2D eigenvalue weighted by Crippen LogP contribution is -2.46. The molecule has 3 aromatic heterocycles. The van der Waals surface area contributed by atoms with Crippen molar-refractivity contribution < 1.29 is 0 Å². The van der Waals surface area contributed by atoms with Crippen molar-refractivity contribution >= 4 is 16.9 Å². The van der Waals surface area contributed by atoms with E-state index < -0.39 is 0 Å². The molecule has 1 saturated heterocycles. The summed E-state index contributed by atoms with van der Waals surface area (Å²) in [5, 5.41) is 0. The summed E-state index contributed by atoms with van der Waals surface area (Å²) in [7, 11) is 0. The van der Waals surface area contributed by atoms with E-state index in [0.717, 1.165) is 78.5 Å². The summed E-state index contributed by atoms with van der Waals surface area (Å²) in [5.41, 5.74) is 3.60. The zero-order valence-electron chi connectivity index (χ0n) is 17.6. The molecule has 5 rings (SSSR count). The summed E-state index contributed by atoms with van der Waals surface area (Å²) in [6, 6.07) is 1.99. The first-order valence-corrected chi connectivity index (χ1v) is 10.5. The molecule has 2 aliphatic rings. The molecule has 1 atom stereocenters. The van der Waals surface area contributed by atoms with Gasteiger partial charge in [0.15, 0.2) is 5.82 Å². The highest BCUT2D eigenvalue weighted by molar-refractivity contribution is 5.86. The van der Waals surface area contributed by atoms with E-state index >= 15 is 0 Å². The first-order chi connectivity index (χ1) is 13.8. The van der Waals surface area contributed by atoms with Gasteiger partial charge < -0.3 is 14.9 Å². The van der Waals surface area contributed by atoms with Crippen molar-refractivity contribution in [3.63, 3.8) is 0 Å². The van der Waals surface area contributed by atoms with E-state index in [9.17, 15) is 4.79 Å². The highest BCUT2D eigenvalue weighted by Crippen LogP contribution is 2.44. The Kier molecular flexibility index (Phi) is 3.89. The average Bonchev–Trinajstić information content (AvgIpc) is 3.26. The van der Waals surface area contributed by atoms with E-state index in [0.29, 0.717) is 0 Å². The van der Waals surface area contributed by atoms with Gasteiger partial charge in [-0.15, -0.1) is 0 Å². The smallest absolute Gasteiger partial charge is 0.254 e. The maximum absolute atomic E-state index is 12.8. The van der Waals surface area contributed by atoms with Crippen LogP contribution in [0.3, 0.4) is 0 Å². The van der Waals surface area contributed by atoms with Crippen LogP contribution in [0.4, 0.5) is 5.82 Å². The number of fused-ring (bicyclic) bond motifs is 3. The van der Waals surface area contributed by atoms with Crippen molar-refractivity contribution in [3.8, 4) is 0 Å². The standard InChI is InChI=1S/C22H28N6O/c1-13-24-15-7-10-23-16(15)18(25-13)28-11-5-8-22(12-28)9-6-14-17(22)26-20(21(2,3)4)27-19(14)29/h7,10,23H,5-6,8-9,11-12H2,1-4H3,(H,26,27,29). The lowest BCUT2D eigenvalue weighted by atomic mass is 9.77. The first-order valence-electron chi connectivity index (χ1n) is 10.5. The molecule has 3 aromatic rings. The van der Waals surface area contributed by atoms with Gasteiger partial charge in [0, 0.05) is 35.7 Å². The molecule has 4 heterocycles. The van der Waals surface area contributed by atoms with Gasteiger partial charge in [-0.2, -0.15) is 0 Å². The van der Waals surface area contributed by atoms with Crippen LogP contribution in [0, 0.1) is 6.92 Å². The summed E-state index contributed by atoms with van der Waals surface area (Å²) in [6.07, 6.45) is 5.82. The number of hydrogen-bond donors (Lipinski definition) is 2. The van der Waals surface area contributed by atoms with Crippen molar-refractivity contribution in [1.82, 2.24) is 24.9 Å².